The molecule has 0 radical (unpaired) electrons. The summed E-state index contributed by atoms with van der Waals surface area (Å²) >= 11 is 0. The van der Waals surface area contributed by atoms with Gasteiger partial charge in [-0.2, -0.15) is 5.26 Å². The molecule has 5 nitrogen and oxygen atoms in total. The first-order valence-electron chi connectivity index (χ1n) is 5.97. The molecule has 5 heteroatoms. The van der Waals surface area contributed by atoms with E-state index in [2.05, 4.69) is 10.6 Å². The van der Waals surface area contributed by atoms with Gasteiger partial charge in [-0.15, -0.1) is 0 Å². The molecule has 1 aromatic rings. The lowest BCUT2D eigenvalue weighted by molar-refractivity contribution is 0.00185. The molecule has 2 amide bonds. The molecule has 0 aromatic heterocycles. The van der Waals surface area contributed by atoms with E-state index in [1.807, 2.05) is 6.07 Å². The Morgan fingerprint density at radius 1 is 1.21 bits per heavy atom. The zero-order valence-electron chi connectivity index (χ0n) is 11.6. The Labute approximate surface area is 113 Å². The molecule has 0 atom stereocenters. The van der Waals surface area contributed by atoms with E-state index < -0.39 is 17.2 Å². The van der Waals surface area contributed by atoms with Gasteiger partial charge in [0.25, 0.3) is 0 Å². The summed E-state index contributed by atoms with van der Waals surface area (Å²) < 4.78 is 0. The number of carbonyl (C=O) groups excluding carboxylic acids is 1. The van der Waals surface area contributed by atoms with Crippen molar-refractivity contribution in [1.82, 2.24) is 5.32 Å². The average Bonchev–Trinajstić information content (AvgIpc) is 2.27. The van der Waals surface area contributed by atoms with Crippen LogP contribution >= 0.6 is 0 Å². The number of hydrogen-bond donors (Lipinski definition) is 3. The van der Waals surface area contributed by atoms with Gasteiger partial charge in [-0.3, -0.25) is 0 Å². The molecule has 1 rings (SSSR count). The van der Waals surface area contributed by atoms with E-state index in [1.54, 1.807) is 52.0 Å². The average molecular weight is 261 g/mol. The first kappa shape index (κ1) is 15.0. The van der Waals surface area contributed by atoms with E-state index in [1.165, 1.54) is 0 Å². The molecule has 0 fully saturated rings. The van der Waals surface area contributed by atoms with Gasteiger partial charge >= 0.3 is 6.03 Å². The van der Waals surface area contributed by atoms with Gasteiger partial charge in [-0.1, -0.05) is 0 Å². The van der Waals surface area contributed by atoms with E-state index in [0.717, 1.165) is 0 Å². The number of nitrogens with one attached hydrogen (secondary N) is 2. The minimum atomic E-state index is -1.05. The van der Waals surface area contributed by atoms with Gasteiger partial charge in [0, 0.05) is 5.69 Å². The van der Waals surface area contributed by atoms with Crippen LogP contribution in [0, 0.1) is 11.3 Å². The van der Waals surface area contributed by atoms with Crippen molar-refractivity contribution in [1.29, 1.82) is 5.26 Å². The molecular formula is C14H19N3O2. The highest BCUT2D eigenvalue weighted by atomic mass is 16.3. The quantitative estimate of drug-likeness (QED) is 0.780. The third-order valence-corrected chi connectivity index (χ3v) is 3.23. The Balaban J connectivity index is 2.68. The van der Waals surface area contributed by atoms with Crippen molar-refractivity contribution in [2.24, 2.45) is 0 Å². The lowest BCUT2D eigenvalue weighted by atomic mass is 9.86. The molecule has 0 saturated heterocycles. The summed E-state index contributed by atoms with van der Waals surface area (Å²) in [6, 6.07) is 8.14. The van der Waals surface area contributed by atoms with E-state index in [0.29, 0.717) is 11.3 Å². The Kier molecular flexibility index (Phi) is 4.17. The Hall–Kier alpha value is -2.06. The van der Waals surface area contributed by atoms with Crippen LogP contribution in [0.4, 0.5) is 10.5 Å². The summed E-state index contributed by atoms with van der Waals surface area (Å²) in [5, 5.41) is 24.0. The lowest BCUT2D eigenvalue weighted by Crippen LogP contribution is -2.58. The van der Waals surface area contributed by atoms with Crippen LogP contribution in [-0.2, 0) is 0 Å². The molecule has 102 valence electrons. The number of amides is 2. The number of aliphatic hydroxyl groups is 1. The van der Waals surface area contributed by atoms with Crippen LogP contribution in [-0.4, -0.2) is 22.3 Å². The van der Waals surface area contributed by atoms with Gasteiger partial charge in [-0.05, 0) is 52.0 Å². The molecule has 0 aliphatic carbocycles. The van der Waals surface area contributed by atoms with Crippen LogP contribution in [0.2, 0.25) is 0 Å². The first-order chi connectivity index (χ1) is 8.65. The second-order valence-electron chi connectivity index (χ2n) is 5.45. The highest BCUT2D eigenvalue weighted by molar-refractivity contribution is 5.89. The van der Waals surface area contributed by atoms with Crippen molar-refractivity contribution in [2.75, 3.05) is 5.32 Å². The molecule has 0 aliphatic rings. The second kappa shape index (κ2) is 5.29. The third-order valence-electron chi connectivity index (χ3n) is 3.23. The summed E-state index contributed by atoms with van der Waals surface area (Å²) in [5.41, 5.74) is -0.704. The fraction of sp³-hybridized carbons (Fsp3) is 0.429. The van der Waals surface area contributed by atoms with Gasteiger partial charge in [0.1, 0.15) is 0 Å². The zero-order valence-corrected chi connectivity index (χ0v) is 11.6. The molecule has 0 heterocycles. The smallest absolute Gasteiger partial charge is 0.319 e. The zero-order chi connectivity index (χ0) is 14.7. The highest BCUT2D eigenvalue weighted by Crippen LogP contribution is 2.20. The molecule has 0 unspecified atom stereocenters. The minimum Gasteiger partial charge on any atom is -0.388 e. The van der Waals surface area contributed by atoms with Crippen LogP contribution < -0.4 is 10.6 Å². The van der Waals surface area contributed by atoms with Crippen molar-refractivity contribution in [3.63, 3.8) is 0 Å². The van der Waals surface area contributed by atoms with Gasteiger partial charge in [-0.25, -0.2) is 4.79 Å². The number of carbonyl (C=O) groups is 1. The fourth-order valence-corrected chi connectivity index (χ4v) is 1.23. The normalized spacial score (nSPS) is 11.6. The Morgan fingerprint density at radius 2 is 1.74 bits per heavy atom. The highest BCUT2D eigenvalue weighted by Gasteiger charge is 2.36. The van der Waals surface area contributed by atoms with Crippen LogP contribution in [0.3, 0.4) is 0 Å². The van der Waals surface area contributed by atoms with Gasteiger partial charge < -0.3 is 15.7 Å². The van der Waals surface area contributed by atoms with Crippen molar-refractivity contribution in [3.05, 3.63) is 29.8 Å². The van der Waals surface area contributed by atoms with Crippen LogP contribution in [0.5, 0.6) is 0 Å². The van der Waals surface area contributed by atoms with E-state index >= 15 is 0 Å². The molecule has 1 aromatic carbocycles. The van der Waals surface area contributed by atoms with Crippen LogP contribution in [0.15, 0.2) is 24.3 Å². The van der Waals surface area contributed by atoms with Gasteiger partial charge in [0.2, 0.25) is 0 Å². The fourth-order valence-electron chi connectivity index (χ4n) is 1.23. The lowest BCUT2D eigenvalue weighted by Gasteiger charge is -2.37. The second-order valence-corrected chi connectivity index (χ2v) is 5.45. The van der Waals surface area contributed by atoms with Gasteiger partial charge in [0.15, 0.2) is 0 Å². The molecule has 0 bridgehead atoms. The molecule has 0 spiro atoms. The molecule has 0 aliphatic heterocycles. The summed E-state index contributed by atoms with van der Waals surface area (Å²) in [4.78, 5) is 11.8. The number of nitriles is 1. The van der Waals surface area contributed by atoms with Crippen molar-refractivity contribution in [3.8, 4) is 6.07 Å². The molecular weight excluding hydrogens is 242 g/mol. The number of rotatable bonds is 3. The molecule has 19 heavy (non-hydrogen) atoms. The van der Waals surface area contributed by atoms with E-state index in [4.69, 9.17) is 5.26 Å². The minimum absolute atomic E-state index is 0.406. The monoisotopic (exact) mass is 261 g/mol. The van der Waals surface area contributed by atoms with Crippen LogP contribution in [0.1, 0.15) is 33.3 Å². The Morgan fingerprint density at radius 3 is 2.16 bits per heavy atom. The summed E-state index contributed by atoms with van der Waals surface area (Å²) in [5.74, 6) is 0. The Bertz CT molecular complexity index is 493. The standard InChI is InChI=1S/C14H19N3O2/c1-13(2,14(3,4)19)17-12(18)16-11-7-5-10(9-15)6-8-11/h5-8,19H,1-4H3,(H2,16,17,18). The first-order valence-corrected chi connectivity index (χ1v) is 5.97. The van der Waals surface area contributed by atoms with Crippen molar-refractivity contribution >= 4 is 11.7 Å². The predicted molar refractivity (Wildman–Crippen MR) is 73.7 cm³/mol. The maximum Gasteiger partial charge on any atom is 0.319 e. The maximum absolute atomic E-state index is 11.8. The number of hydrogen-bond acceptors (Lipinski definition) is 3. The number of anilines is 1. The number of urea groups is 1. The number of nitrogens with zero attached hydrogens (tertiary/aromatic N) is 1. The number of benzene rings is 1. The third kappa shape index (κ3) is 3.97. The van der Waals surface area contributed by atoms with E-state index in [-0.39, 0.29) is 0 Å². The largest absolute Gasteiger partial charge is 0.388 e. The summed E-state index contributed by atoms with van der Waals surface area (Å²) in [6.07, 6.45) is 0. The molecule has 3 N–H and O–H groups in total. The summed E-state index contributed by atoms with van der Waals surface area (Å²) in [6.45, 7) is 6.75. The molecule has 0 saturated carbocycles. The van der Waals surface area contributed by atoms with Crippen molar-refractivity contribution < 1.29 is 9.90 Å². The van der Waals surface area contributed by atoms with Crippen LogP contribution in [0.25, 0.3) is 0 Å². The van der Waals surface area contributed by atoms with Crippen molar-refractivity contribution in [2.45, 2.75) is 38.8 Å². The van der Waals surface area contributed by atoms with E-state index in [9.17, 15) is 9.90 Å². The topological polar surface area (TPSA) is 85.2 Å². The SMILES string of the molecule is CC(C)(O)C(C)(C)NC(=O)Nc1ccc(C#N)cc1. The summed E-state index contributed by atoms with van der Waals surface area (Å²) in [7, 11) is 0. The maximum atomic E-state index is 11.8. The van der Waals surface area contributed by atoms with Gasteiger partial charge in [0.05, 0.1) is 22.8 Å². The predicted octanol–water partition coefficient (Wildman–Crippen LogP) is 2.23.